The molecule has 1 aromatic carbocycles. The zero-order valence-corrected chi connectivity index (χ0v) is 16.9. The second kappa shape index (κ2) is 8.61. The average molecular weight is 387 g/mol. The molecule has 1 aliphatic heterocycles. The molecular weight excluding hydrogens is 360 g/mol. The van der Waals surface area contributed by atoms with Crippen molar-refractivity contribution in [2.45, 2.75) is 52.4 Å². The smallest absolute Gasteiger partial charge is 0.231 e. The summed E-state index contributed by atoms with van der Waals surface area (Å²) in [6.45, 7) is 6.73. The van der Waals surface area contributed by atoms with Crippen molar-refractivity contribution in [2.75, 3.05) is 16.8 Å². The Morgan fingerprint density at radius 3 is 2.85 bits per heavy atom. The van der Waals surface area contributed by atoms with Gasteiger partial charge in [0.1, 0.15) is 5.01 Å². The summed E-state index contributed by atoms with van der Waals surface area (Å²) >= 11 is 1.42. The van der Waals surface area contributed by atoms with Gasteiger partial charge in [-0.25, -0.2) is 0 Å². The van der Waals surface area contributed by atoms with Gasteiger partial charge >= 0.3 is 0 Å². The molecule has 2 amide bonds. The molecule has 1 aromatic heterocycles. The molecule has 1 N–H and O–H groups in total. The molecule has 3 rings (SSSR count). The molecule has 1 fully saturated rings. The number of nitrogens with one attached hydrogen (secondary N) is 1. The van der Waals surface area contributed by atoms with E-state index < -0.39 is 0 Å². The van der Waals surface area contributed by atoms with Crippen LogP contribution < -0.4 is 10.2 Å². The van der Waals surface area contributed by atoms with Crippen LogP contribution in [-0.2, 0) is 16.0 Å². The Bertz CT molecular complexity index is 820. The number of rotatable bonds is 7. The standard InChI is InChI=1S/C20H26N4O2S/c1-4-8-13(3)19-22-23-20(27-19)21-18(26)15-11-17(25)24(12-15)16-10-7-6-9-14(16)5-2/h6-7,9-10,13,15H,4-5,8,11-12H2,1-3H3,(H,21,23,26). The Morgan fingerprint density at radius 2 is 2.11 bits per heavy atom. The van der Waals surface area contributed by atoms with Crippen molar-refractivity contribution >= 4 is 34.0 Å². The minimum absolute atomic E-state index is 0.00873. The van der Waals surface area contributed by atoms with Crippen LogP contribution in [0, 0.1) is 5.92 Å². The summed E-state index contributed by atoms with van der Waals surface area (Å²) in [7, 11) is 0. The van der Waals surface area contributed by atoms with E-state index in [1.165, 1.54) is 11.3 Å². The van der Waals surface area contributed by atoms with Crippen molar-refractivity contribution in [2.24, 2.45) is 5.92 Å². The van der Waals surface area contributed by atoms with Gasteiger partial charge in [-0.15, -0.1) is 10.2 Å². The largest absolute Gasteiger partial charge is 0.311 e. The predicted molar refractivity (Wildman–Crippen MR) is 108 cm³/mol. The first-order valence-corrected chi connectivity index (χ1v) is 10.4. The number of benzene rings is 1. The van der Waals surface area contributed by atoms with Gasteiger partial charge in [0, 0.05) is 24.6 Å². The van der Waals surface area contributed by atoms with Crippen LogP contribution in [0.4, 0.5) is 10.8 Å². The zero-order valence-electron chi connectivity index (χ0n) is 16.1. The number of carbonyl (C=O) groups excluding carboxylic acids is 2. The lowest BCUT2D eigenvalue weighted by Gasteiger charge is -2.19. The number of anilines is 2. The third kappa shape index (κ3) is 4.35. The van der Waals surface area contributed by atoms with E-state index in [0.717, 1.165) is 35.5 Å². The van der Waals surface area contributed by atoms with Gasteiger partial charge < -0.3 is 10.2 Å². The van der Waals surface area contributed by atoms with Crippen LogP contribution >= 0.6 is 11.3 Å². The summed E-state index contributed by atoms with van der Waals surface area (Å²) in [5.41, 5.74) is 2.03. The molecule has 1 aliphatic rings. The van der Waals surface area contributed by atoms with Crippen LogP contribution in [0.25, 0.3) is 0 Å². The van der Waals surface area contributed by atoms with Gasteiger partial charge in [-0.3, -0.25) is 9.59 Å². The Balaban J connectivity index is 1.66. The average Bonchev–Trinajstić information content (AvgIpc) is 3.28. The highest BCUT2D eigenvalue weighted by Crippen LogP contribution is 2.30. The number of para-hydroxylation sites is 1. The molecule has 0 radical (unpaired) electrons. The molecule has 0 saturated carbocycles. The highest BCUT2D eigenvalue weighted by molar-refractivity contribution is 7.15. The van der Waals surface area contributed by atoms with Crippen LogP contribution in [-0.4, -0.2) is 28.6 Å². The maximum atomic E-state index is 12.6. The number of aryl methyl sites for hydroxylation is 1. The Morgan fingerprint density at radius 1 is 1.33 bits per heavy atom. The van der Waals surface area contributed by atoms with Crippen molar-refractivity contribution in [3.05, 3.63) is 34.8 Å². The molecule has 7 heteroatoms. The van der Waals surface area contributed by atoms with Crippen LogP contribution in [0.2, 0.25) is 0 Å². The van der Waals surface area contributed by atoms with Gasteiger partial charge in [0.25, 0.3) is 0 Å². The Labute approximate surface area is 164 Å². The van der Waals surface area contributed by atoms with E-state index in [1.54, 1.807) is 4.90 Å². The van der Waals surface area contributed by atoms with E-state index in [9.17, 15) is 9.59 Å². The van der Waals surface area contributed by atoms with Crippen LogP contribution in [0.15, 0.2) is 24.3 Å². The zero-order chi connectivity index (χ0) is 19.4. The van der Waals surface area contributed by atoms with Gasteiger partial charge in [0.15, 0.2) is 0 Å². The van der Waals surface area contributed by atoms with E-state index >= 15 is 0 Å². The fourth-order valence-corrected chi connectivity index (χ4v) is 4.27. The molecular formula is C20H26N4O2S. The second-order valence-corrected chi connectivity index (χ2v) is 8.02. The number of hydrogen-bond acceptors (Lipinski definition) is 5. The van der Waals surface area contributed by atoms with E-state index in [-0.39, 0.29) is 24.2 Å². The molecule has 0 bridgehead atoms. The summed E-state index contributed by atoms with van der Waals surface area (Å²) < 4.78 is 0. The lowest BCUT2D eigenvalue weighted by Crippen LogP contribution is -2.28. The summed E-state index contributed by atoms with van der Waals surface area (Å²) in [4.78, 5) is 26.9. The minimum Gasteiger partial charge on any atom is -0.311 e. The fraction of sp³-hybridized carbons (Fsp3) is 0.500. The number of nitrogens with zero attached hydrogens (tertiary/aromatic N) is 3. The molecule has 0 spiro atoms. The van der Waals surface area contributed by atoms with E-state index in [1.807, 2.05) is 24.3 Å². The fourth-order valence-electron chi connectivity index (χ4n) is 3.44. The monoisotopic (exact) mass is 386 g/mol. The molecule has 2 aromatic rings. The van der Waals surface area contributed by atoms with Gasteiger partial charge in [-0.05, 0) is 24.5 Å². The Hall–Kier alpha value is -2.28. The second-order valence-electron chi connectivity index (χ2n) is 7.01. The molecule has 27 heavy (non-hydrogen) atoms. The van der Waals surface area contributed by atoms with Gasteiger partial charge in [-0.1, -0.05) is 56.7 Å². The van der Waals surface area contributed by atoms with Crippen LogP contribution in [0.1, 0.15) is 56.5 Å². The maximum absolute atomic E-state index is 12.6. The van der Waals surface area contributed by atoms with Crippen molar-refractivity contribution < 1.29 is 9.59 Å². The van der Waals surface area contributed by atoms with Gasteiger partial charge in [-0.2, -0.15) is 0 Å². The first-order valence-electron chi connectivity index (χ1n) is 9.56. The highest BCUT2D eigenvalue weighted by Gasteiger charge is 2.36. The minimum atomic E-state index is -0.372. The number of aromatic nitrogens is 2. The normalized spacial score (nSPS) is 18.0. The number of amides is 2. The number of hydrogen-bond donors (Lipinski definition) is 1. The molecule has 144 valence electrons. The SMILES string of the molecule is CCCC(C)c1nnc(NC(=O)C2CC(=O)N(c3ccccc3CC)C2)s1. The predicted octanol–water partition coefficient (Wildman–Crippen LogP) is 4.00. The number of carbonyl (C=O) groups is 2. The molecule has 2 unspecified atom stereocenters. The Kier molecular flexibility index (Phi) is 6.21. The quantitative estimate of drug-likeness (QED) is 0.780. The lowest BCUT2D eigenvalue weighted by atomic mass is 10.1. The third-order valence-electron chi connectivity index (χ3n) is 4.97. The summed E-state index contributed by atoms with van der Waals surface area (Å²) in [6.07, 6.45) is 3.20. The summed E-state index contributed by atoms with van der Waals surface area (Å²) in [5, 5.41) is 12.6. The first-order chi connectivity index (χ1) is 13.0. The van der Waals surface area contributed by atoms with E-state index in [2.05, 4.69) is 36.3 Å². The van der Waals surface area contributed by atoms with E-state index in [0.29, 0.717) is 17.6 Å². The third-order valence-corrected chi connectivity index (χ3v) is 6.04. The van der Waals surface area contributed by atoms with Gasteiger partial charge in [0.2, 0.25) is 16.9 Å². The van der Waals surface area contributed by atoms with Crippen LogP contribution in [0.5, 0.6) is 0 Å². The van der Waals surface area contributed by atoms with E-state index in [4.69, 9.17) is 0 Å². The van der Waals surface area contributed by atoms with Gasteiger partial charge in [0.05, 0.1) is 5.92 Å². The first kappa shape index (κ1) is 19.5. The topological polar surface area (TPSA) is 75.2 Å². The molecule has 2 heterocycles. The highest BCUT2D eigenvalue weighted by atomic mass is 32.1. The van der Waals surface area contributed by atoms with Crippen molar-refractivity contribution in [3.8, 4) is 0 Å². The molecule has 2 atom stereocenters. The van der Waals surface area contributed by atoms with Crippen molar-refractivity contribution in [1.82, 2.24) is 10.2 Å². The van der Waals surface area contributed by atoms with Crippen molar-refractivity contribution in [3.63, 3.8) is 0 Å². The molecule has 1 saturated heterocycles. The summed E-state index contributed by atoms with van der Waals surface area (Å²) in [5.74, 6) is -0.202. The van der Waals surface area contributed by atoms with Crippen molar-refractivity contribution in [1.29, 1.82) is 0 Å². The molecule has 6 nitrogen and oxygen atoms in total. The van der Waals surface area contributed by atoms with Crippen LogP contribution in [0.3, 0.4) is 0 Å². The summed E-state index contributed by atoms with van der Waals surface area (Å²) in [6, 6.07) is 7.87. The molecule has 0 aliphatic carbocycles. The lowest BCUT2D eigenvalue weighted by molar-refractivity contribution is -0.122. The maximum Gasteiger partial charge on any atom is 0.231 e.